The van der Waals surface area contributed by atoms with Gasteiger partial charge in [-0.25, -0.2) is 9.97 Å². The van der Waals surface area contributed by atoms with Crippen molar-refractivity contribution >= 4 is 37.6 Å². The normalized spacial score (nSPS) is 12.7. The van der Waals surface area contributed by atoms with Crippen molar-refractivity contribution in [2.24, 2.45) is 5.73 Å². The number of methoxy groups -OCH3 is 1. The number of thiophene rings is 1. The first-order chi connectivity index (χ1) is 15.4. The van der Waals surface area contributed by atoms with Crippen LogP contribution in [0.3, 0.4) is 0 Å². The largest absolute Gasteiger partial charge is 0.383 e. The number of nitrogens with two attached hydrogens (primary N) is 1. The van der Waals surface area contributed by atoms with Gasteiger partial charge in [-0.1, -0.05) is 42.5 Å². The maximum Gasteiger partial charge on any atom is 0.294 e. The van der Waals surface area contributed by atoms with Crippen LogP contribution in [-0.4, -0.2) is 43.2 Å². The molecule has 0 fully saturated rings. The van der Waals surface area contributed by atoms with E-state index in [1.54, 1.807) is 19.2 Å². The molecule has 0 aliphatic heterocycles. The third-order valence-corrected chi connectivity index (χ3v) is 6.71. The van der Waals surface area contributed by atoms with Crippen molar-refractivity contribution in [2.45, 2.75) is 10.9 Å². The van der Waals surface area contributed by atoms with Gasteiger partial charge in [0.2, 0.25) is 5.95 Å². The van der Waals surface area contributed by atoms with E-state index < -0.39 is 16.2 Å². The van der Waals surface area contributed by atoms with Crippen molar-refractivity contribution in [1.29, 1.82) is 0 Å². The molecule has 32 heavy (non-hydrogen) atoms. The summed E-state index contributed by atoms with van der Waals surface area (Å²) in [4.78, 5) is 9.96. The van der Waals surface area contributed by atoms with Crippen LogP contribution in [0.4, 0.5) is 5.95 Å². The molecule has 0 bridgehead atoms. The lowest BCUT2D eigenvalue weighted by molar-refractivity contribution is 0.210. The lowest BCUT2D eigenvalue weighted by Crippen LogP contribution is -2.17. The van der Waals surface area contributed by atoms with Crippen LogP contribution in [0.1, 0.15) is 17.3 Å². The average Bonchev–Trinajstić information content (AvgIpc) is 3.22. The number of fused-ring (bicyclic) bond motifs is 1. The van der Waals surface area contributed by atoms with Crippen LogP contribution in [0.2, 0.25) is 0 Å². The molecule has 8 nitrogen and oxygen atoms in total. The zero-order chi connectivity index (χ0) is 22.7. The highest BCUT2D eigenvalue weighted by Gasteiger charge is 2.21. The lowest BCUT2D eigenvalue weighted by Gasteiger charge is -2.16. The summed E-state index contributed by atoms with van der Waals surface area (Å²) in [5.74, 6) is 0.441. The average molecular weight is 471 g/mol. The predicted octanol–water partition coefficient (Wildman–Crippen LogP) is 3.71. The van der Waals surface area contributed by atoms with E-state index in [9.17, 15) is 13.0 Å². The molecule has 4 rings (SSSR count). The molecule has 0 aliphatic carbocycles. The van der Waals surface area contributed by atoms with E-state index in [0.29, 0.717) is 30.4 Å². The van der Waals surface area contributed by atoms with Crippen LogP contribution in [0.5, 0.6) is 0 Å². The first-order valence-electron chi connectivity index (χ1n) is 9.79. The Hall–Kier alpha value is -2.89. The molecule has 2 aromatic heterocycles. The van der Waals surface area contributed by atoms with Gasteiger partial charge >= 0.3 is 0 Å². The van der Waals surface area contributed by atoms with Gasteiger partial charge in [-0.3, -0.25) is 4.55 Å². The van der Waals surface area contributed by atoms with Crippen LogP contribution in [0.15, 0.2) is 64.9 Å². The van der Waals surface area contributed by atoms with Crippen molar-refractivity contribution in [1.82, 2.24) is 9.97 Å². The Morgan fingerprint density at radius 3 is 2.50 bits per heavy atom. The molecule has 0 aliphatic rings. The summed E-state index contributed by atoms with van der Waals surface area (Å²) >= 11 is 1.50. The second-order valence-electron chi connectivity index (χ2n) is 7.07. The Morgan fingerprint density at radius 2 is 1.84 bits per heavy atom. The Balaban J connectivity index is 1.83. The van der Waals surface area contributed by atoms with Crippen molar-refractivity contribution in [2.75, 3.05) is 25.6 Å². The summed E-state index contributed by atoms with van der Waals surface area (Å²) in [7, 11) is -2.66. The molecule has 2 heterocycles. The summed E-state index contributed by atoms with van der Waals surface area (Å²) in [5, 5.41) is 6.04. The van der Waals surface area contributed by atoms with Crippen molar-refractivity contribution in [3.05, 3.63) is 71.2 Å². The molecule has 10 heteroatoms. The summed E-state index contributed by atoms with van der Waals surface area (Å²) < 4.78 is 37.1. The molecule has 4 N–H and O–H groups in total. The van der Waals surface area contributed by atoms with Crippen molar-refractivity contribution in [3.63, 3.8) is 0 Å². The minimum absolute atomic E-state index is 0.191. The molecule has 166 valence electrons. The highest BCUT2D eigenvalue weighted by Crippen LogP contribution is 2.38. The van der Waals surface area contributed by atoms with E-state index in [0.717, 1.165) is 21.3 Å². The second-order valence-corrected chi connectivity index (χ2v) is 9.35. The number of anilines is 1. The first kappa shape index (κ1) is 22.3. The minimum atomic E-state index is -4.28. The van der Waals surface area contributed by atoms with Gasteiger partial charge in [0, 0.05) is 30.0 Å². The van der Waals surface area contributed by atoms with Gasteiger partial charge < -0.3 is 15.8 Å². The Morgan fingerprint density at radius 1 is 1.12 bits per heavy atom. The molecule has 0 spiro atoms. The Bertz CT molecular complexity index is 1320. The fraction of sp³-hybridized carbons (Fsp3) is 0.182. The molecule has 0 saturated heterocycles. The highest BCUT2D eigenvalue weighted by atomic mass is 32.2. The Labute approximate surface area is 189 Å². The summed E-state index contributed by atoms with van der Waals surface area (Å²) in [6, 6.07) is 15.1. The van der Waals surface area contributed by atoms with Crippen molar-refractivity contribution < 1.29 is 17.7 Å². The van der Waals surface area contributed by atoms with E-state index >= 15 is 0 Å². The Kier molecular flexibility index (Phi) is 6.49. The number of ether oxygens (including phenoxy) is 1. The third-order valence-electron chi connectivity index (χ3n) is 4.97. The number of nitrogens with one attached hydrogen (secondary N) is 1. The smallest absolute Gasteiger partial charge is 0.294 e. The summed E-state index contributed by atoms with van der Waals surface area (Å²) in [6.45, 7) is 1.04. The van der Waals surface area contributed by atoms with E-state index in [2.05, 4.69) is 10.3 Å². The molecule has 4 aromatic rings. The van der Waals surface area contributed by atoms with Gasteiger partial charge in [0.25, 0.3) is 10.1 Å². The molecule has 2 aromatic carbocycles. The number of hydrogen-bond acceptors (Lipinski definition) is 8. The van der Waals surface area contributed by atoms with Crippen LogP contribution < -0.4 is 11.1 Å². The topological polar surface area (TPSA) is 127 Å². The van der Waals surface area contributed by atoms with Gasteiger partial charge in [-0.2, -0.15) is 8.42 Å². The van der Waals surface area contributed by atoms with Crippen molar-refractivity contribution in [3.8, 4) is 11.1 Å². The van der Waals surface area contributed by atoms with E-state index in [-0.39, 0.29) is 4.90 Å². The maximum absolute atomic E-state index is 11.4. The van der Waals surface area contributed by atoms with Crippen LogP contribution >= 0.6 is 11.3 Å². The van der Waals surface area contributed by atoms with Gasteiger partial charge in [-0.15, -0.1) is 11.3 Å². The summed E-state index contributed by atoms with van der Waals surface area (Å²) in [6.07, 6.45) is 0. The lowest BCUT2D eigenvalue weighted by atomic mass is 9.98. The monoisotopic (exact) mass is 470 g/mol. The quantitative estimate of drug-likeness (QED) is 0.263. The molecule has 0 radical (unpaired) electrons. The SMILES string of the molecule is COCCNc1nc(C(N)c2ccc(S(=O)(=O)O)cc2)c2c(-c3ccccc3)csc2n1. The van der Waals surface area contributed by atoms with E-state index in [1.807, 2.05) is 35.7 Å². The molecular weight excluding hydrogens is 448 g/mol. The van der Waals surface area contributed by atoms with E-state index in [1.165, 1.54) is 23.5 Å². The third kappa shape index (κ3) is 4.64. The zero-order valence-corrected chi connectivity index (χ0v) is 18.9. The van der Waals surface area contributed by atoms with Gasteiger partial charge in [-0.05, 0) is 23.3 Å². The number of hydrogen-bond donors (Lipinski definition) is 3. The minimum Gasteiger partial charge on any atom is -0.383 e. The van der Waals surface area contributed by atoms with Crippen LogP contribution in [-0.2, 0) is 14.9 Å². The number of nitrogens with zero attached hydrogens (tertiary/aromatic N) is 2. The van der Waals surface area contributed by atoms with Crippen LogP contribution in [0.25, 0.3) is 21.3 Å². The van der Waals surface area contributed by atoms with Gasteiger partial charge in [0.15, 0.2) is 0 Å². The molecule has 0 saturated carbocycles. The predicted molar refractivity (Wildman–Crippen MR) is 126 cm³/mol. The zero-order valence-electron chi connectivity index (χ0n) is 17.2. The molecule has 0 amide bonds. The maximum atomic E-state index is 11.4. The van der Waals surface area contributed by atoms with Gasteiger partial charge in [0.05, 0.1) is 23.2 Å². The molecule has 1 unspecified atom stereocenters. The standard InChI is InChI=1S/C22H22N4O4S2/c1-30-12-11-24-22-25-20(19(23)15-7-9-16(10-8-15)32(27,28)29)18-17(13-31-21(18)26-22)14-5-3-2-4-6-14/h2-10,13,19H,11-12,23H2,1H3,(H,24,25,26)(H,27,28,29). The second kappa shape index (κ2) is 9.31. The fourth-order valence-corrected chi connectivity index (χ4v) is 4.81. The van der Waals surface area contributed by atoms with Gasteiger partial charge in [0.1, 0.15) is 4.83 Å². The highest BCUT2D eigenvalue weighted by molar-refractivity contribution is 7.85. The summed E-state index contributed by atoms with van der Waals surface area (Å²) in [5.41, 5.74) is 9.91. The number of aromatic nitrogens is 2. The number of rotatable bonds is 8. The molecular formula is C22H22N4O4S2. The van der Waals surface area contributed by atoms with E-state index in [4.69, 9.17) is 15.5 Å². The fourth-order valence-electron chi connectivity index (χ4n) is 3.37. The first-order valence-corrected chi connectivity index (χ1v) is 12.1. The number of benzene rings is 2. The molecule has 1 atom stereocenters. The van der Waals surface area contributed by atoms with Crippen LogP contribution in [0, 0.1) is 0 Å².